The highest BCUT2D eigenvalue weighted by atomic mass is 32.2. The average Bonchev–Trinajstić information content (AvgIpc) is 3.64. The Morgan fingerprint density at radius 3 is 2.39 bits per heavy atom. The van der Waals surface area contributed by atoms with E-state index in [4.69, 9.17) is 14.2 Å². The predicted molar refractivity (Wildman–Crippen MR) is 167 cm³/mol. The number of nitrogens with zero attached hydrogens (tertiary/aromatic N) is 2. The lowest BCUT2D eigenvalue weighted by atomic mass is 9.97. The van der Waals surface area contributed by atoms with Crippen molar-refractivity contribution in [2.75, 3.05) is 50.7 Å². The lowest BCUT2D eigenvalue weighted by Crippen LogP contribution is -2.51. The van der Waals surface area contributed by atoms with E-state index >= 15 is 0 Å². The van der Waals surface area contributed by atoms with Crippen LogP contribution in [-0.4, -0.2) is 82.8 Å². The fraction of sp³-hybridized carbons (Fsp3) is 0.500. The summed E-state index contributed by atoms with van der Waals surface area (Å²) in [4.78, 5) is 27.7. The minimum Gasteiger partial charge on any atom is -0.497 e. The van der Waals surface area contributed by atoms with Crippen molar-refractivity contribution >= 4 is 21.4 Å². The molecule has 0 radical (unpaired) electrons. The van der Waals surface area contributed by atoms with Gasteiger partial charge in [-0.25, -0.2) is 8.42 Å². The first-order valence-corrected chi connectivity index (χ1v) is 16.4. The zero-order valence-electron chi connectivity index (χ0n) is 25.5. The number of rotatable bonds is 14. The molecule has 0 aliphatic carbocycles. The number of aliphatic hydroxyl groups is 1. The van der Waals surface area contributed by atoms with Crippen molar-refractivity contribution in [3.63, 3.8) is 0 Å². The lowest BCUT2D eigenvalue weighted by Gasteiger charge is -2.34. The second-order valence-corrected chi connectivity index (χ2v) is 13.9. The quantitative estimate of drug-likeness (QED) is 0.256. The van der Waals surface area contributed by atoms with Gasteiger partial charge >= 0.3 is 0 Å². The molecule has 2 N–H and O–H groups in total. The number of methoxy groups -OCH3 is 1. The van der Waals surface area contributed by atoms with Crippen LogP contribution >= 0.6 is 0 Å². The summed E-state index contributed by atoms with van der Waals surface area (Å²) >= 11 is 0. The third kappa shape index (κ3) is 6.54. The smallest absolute Gasteiger partial charge is 0.253 e. The number of hydrogen-bond acceptors (Lipinski definition) is 10. The molecule has 2 aliphatic rings. The van der Waals surface area contributed by atoms with Crippen molar-refractivity contribution < 1.29 is 27.7 Å². The van der Waals surface area contributed by atoms with Crippen LogP contribution in [0.3, 0.4) is 0 Å². The minimum absolute atomic E-state index is 0.0263. The van der Waals surface area contributed by atoms with Crippen molar-refractivity contribution in [3.05, 3.63) is 80.6 Å². The molecule has 2 saturated heterocycles. The lowest BCUT2D eigenvalue weighted by molar-refractivity contribution is -0.0905. The summed E-state index contributed by atoms with van der Waals surface area (Å²) in [7, 11) is -0.709. The monoisotopic (exact) mass is 627 g/mol. The van der Waals surface area contributed by atoms with Crippen LogP contribution in [0.25, 0.3) is 0 Å². The van der Waals surface area contributed by atoms with Gasteiger partial charge in [0, 0.05) is 26.1 Å². The summed E-state index contributed by atoms with van der Waals surface area (Å²) in [5.41, 5.74) is -0.0326. The summed E-state index contributed by atoms with van der Waals surface area (Å²) < 4.78 is 45.4. The number of aliphatic hydroxyl groups excluding tert-OH is 1. The number of likely N-dealkylation sites (N-methyl/N-ethyl adjacent to an activating group) is 1. The standard InChI is InChI=1S/C32H41N3O8S/c1-20(2)17-35(44(39,40)23-12-10-22(41-4)11-13-23)18-27(36)25(16-21-8-6-5-7-9-21)33-28-29(31(38)30(28)37)34(3)26-19-43-32-24(26)14-15-42-32/h5-13,20,24-27,32-33,36H,14-19H2,1-4H3/t24-,25+,26-,27-,32+/m1/s1. The molecular weight excluding hydrogens is 586 g/mol. The molecule has 12 heteroatoms. The van der Waals surface area contributed by atoms with Crippen LogP contribution in [0, 0.1) is 11.8 Å². The molecule has 44 heavy (non-hydrogen) atoms. The maximum atomic E-state index is 13.8. The number of nitrogens with one attached hydrogen (secondary N) is 1. The highest BCUT2D eigenvalue weighted by molar-refractivity contribution is 7.89. The van der Waals surface area contributed by atoms with Gasteiger partial charge in [-0.1, -0.05) is 44.2 Å². The SMILES string of the molecule is COc1ccc(S(=O)(=O)N(CC(C)C)C[C@@H](O)[C@H](Cc2ccccc2)Nc2c(N(C)[C@@H]3CO[C@@H]4OCC[C@@H]43)c(=O)c2=O)cc1. The predicted octanol–water partition coefficient (Wildman–Crippen LogP) is 2.22. The molecule has 5 rings (SSSR count). The Labute approximate surface area is 258 Å². The van der Waals surface area contributed by atoms with E-state index in [1.165, 1.54) is 23.5 Å². The van der Waals surface area contributed by atoms with Crippen LogP contribution in [0.5, 0.6) is 5.75 Å². The van der Waals surface area contributed by atoms with Gasteiger partial charge in [-0.2, -0.15) is 4.31 Å². The van der Waals surface area contributed by atoms with E-state index < -0.39 is 33.0 Å². The van der Waals surface area contributed by atoms with Gasteiger partial charge < -0.3 is 29.5 Å². The Morgan fingerprint density at radius 1 is 1.02 bits per heavy atom. The van der Waals surface area contributed by atoms with Crippen LogP contribution in [0.1, 0.15) is 25.8 Å². The maximum absolute atomic E-state index is 13.8. The molecule has 0 amide bonds. The Hall–Kier alpha value is -3.29. The molecule has 0 spiro atoms. The summed E-state index contributed by atoms with van der Waals surface area (Å²) in [5, 5.41) is 14.8. The van der Waals surface area contributed by atoms with Gasteiger partial charge in [0.05, 0.1) is 43.4 Å². The first-order valence-electron chi connectivity index (χ1n) is 14.9. The largest absolute Gasteiger partial charge is 0.497 e. The molecule has 0 saturated carbocycles. The van der Waals surface area contributed by atoms with Crippen molar-refractivity contribution in [1.29, 1.82) is 0 Å². The second-order valence-electron chi connectivity index (χ2n) is 12.0. The summed E-state index contributed by atoms with van der Waals surface area (Å²) in [6.45, 7) is 4.70. The third-order valence-corrected chi connectivity index (χ3v) is 10.3. The number of anilines is 2. The van der Waals surface area contributed by atoms with E-state index in [-0.39, 0.29) is 59.9 Å². The second kappa shape index (κ2) is 13.4. The van der Waals surface area contributed by atoms with Crippen molar-refractivity contribution in [2.45, 2.75) is 56.1 Å². The van der Waals surface area contributed by atoms with Crippen molar-refractivity contribution in [2.24, 2.45) is 11.8 Å². The van der Waals surface area contributed by atoms with Gasteiger partial charge in [0.15, 0.2) is 6.29 Å². The van der Waals surface area contributed by atoms with E-state index in [1.807, 2.05) is 44.2 Å². The molecule has 3 aromatic rings. The summed E-state index contributed by atoms with van der Waals surface area (Å²) in [6, 6.07) is 14.6. The Morgan fingerprint density at radius 2 is 1.73 bits per heavy atom. The molecule has 11 nitrogen and oxygen atoms in total. The Balaban J connectivity index is 1.42. The normalized spacial score (nSPS) is 21.5. The zero-order valence-corrected chi connectivity index (χ0v) is 26.3. The highest BCUT2D eigenvalue weighted by Crippen LogP contribution is 2.36. The molecule has 2 heterocycles. The van der Waals surface area contributed by atoms with Gasteiger partial charge in [-0.15, -0.1) is 0 Å². The van der Waals surface area contributed by atoms with Crippen LogP contribution < -0.4 is 25.8 Å². The molecule has 0 bridgehead atoms. The van der Waals surface area contributed by atoms with E-state index in [9.17, 15) is 23.1 Å². The fourth-order valence-electron chi connectivity index (χ4n) is 6.10. The average molecular weight is 628 g/mol. The maximum Gasteiger partial charge on any atom is 0.253 e. The molecule has 2 aliphatic heterocycles. The van der Waals surface area contributed by atoms with Crippen LogP contribution in [0.15, 0.2) is 69.1 Å². The molecule has 0 aromatic heterocycles. The van der Waals surface area contributed by atoms with Gasteiger partial charge in [0.1, 0.15) is 17.1 Å². The number of hydrogen-bond donors (Lipinski definition) is 2. The highest BCUT2D eigenvalue weighted by Gasteiger charge is 2.45. The number of ether oxygens (including phenoxy) is 3. The van der Waals surface area contributed by atoms with Crippen LogP contribution in [0.2, 0.25) is 0 Å². The van der Waals surface area contributed by atoms with E-state index in [0.29, 0.717) is 19.0 Å². The van der Waals surface area contributed by atoms with Crippen LogP contribution in [-0.2, 0) is 25.9 Å². The molecule has 238 valence electrons. The van der Waals surface area contributed by atoms with Crippen molar-refractivity contribution in [1.82, 2.24) is 4.31 Å². The van der Waals surface area contributed by atoms with Gasteiger partial charge in [0.25, 0.3) is 10.9 Å². The Kier molecular flexibility index (Phi) is 9.76. The van der Waals surface area contributed by atoms with Gasteiger partial charge in [-0.3, -0.25) is 9.59 Å². The third-order valence-electron chi connectivity index (χ3n) is 8.49. The van der Waals surface area contributed by atoms with E-state index in [2.05, 4.69) is 5.32 Å². The first kappa shape index (κ1) is 32.1. The zero-order chi connectivity index (χ0) is 31.6. The van der Waals surface area contributed by atoms with E-state index in [1.54, 1.807) is 24.1 Å². The first-order chi connectivity index (χ1) is 21.0. The summed E-state index contributed by atoms with van der Waals surface area (Å²) in [6.07, 6.45) is -0.473. The fourth-order valence-corrected chi connectivity index (χ4v) is 7.73. The topological polar surface area (TPSA) is 135 Å². The Bertz CT molecular complexity index is 1590. The molecule has 2 fully saturated rings. The van der Waals surface area contributed by atoms with Gasteiger partial charge in [-0.05, 0) is 48.6 Å². The number of benzene rings is 2. The van der Waals surface area contributed by atoms with E-state index in [0.717, 1.165) is 12.0 Å². The van der Waals surface area contributed by atoms with Gasteiger partial charge in [0.2, 0.25) is 10.0 Å². The molecular formula is C32H41N3O8S. The minimum atomic E-state index is -3.98. The molecule has 5 atom stereocenters. The molecule has 3 aromatic carbocycles. The number of sulfonamides is 1. The molecule has 0 unspecified atom stereocenters. The van der Waals surface area contributed by atoms with Crippen LogP contribution in [0.4, 0.5) is 11.4 Å². The van der Waals surface area contributed by atoms with Crippen molar-refractivity contribution in [3.8, 4) is 5.75 Å². The number of fused-ring (bicyclic) bond motifs is 1. The summed E-state index contributed by atoms with van der Waals surface area (Å²) in [5.74, 6) is 0.581.